The maximum atomic E-state index is 12.2. The van der Waals surface area contributed by atoms with Crippen molar-refractivity contribution in [1.29, 1.82) is 0 Å². The predicted octanol–water partition coefficient (Wildman–Crippen LogP) is -0.746. The SMILES string of the molecule is CC(=O)O.Cc1n[nH]nc1C(=O)N[C@@H]1C[C@H]2CO[C@@H](CC(=O)N(C)C)CN2C1. The Balaban J connectivity index is 0.000000640. The van der Waals surface area contributed by atoms with Gasteiger partial charge in [-0.1, -0.05) is 0 Å². The maximum Gasteiger partial charge on any atom is 0.300 e. The van der Waals surface area contributed by atoms with Crippen molar-refractivity contribution in [2.75, 3.05) is 33.8 Å². The van der Waals surface area contributed by atoms with Gasteiger partial charge in [-0.15, -0.1) is 0 Å². The van der Waals surface area contributed by atoms with Crippen molar-refractivity contribution in [1.82, 2.24) is 30.5 Å². The Morgan fingerprint density at radius 1 is 1.32 bits per heavy atom. The van der Waals surface area contributed by atoms with Crippen molar-refractivity contribution in [3.63, 3.8) is 0 Å². The summed E-state index contributed by atoms with van der Waals surface area (Å²) in [4.78, 5) is 37.0. The van der Waals surface area contributed by atoms with Gasteiger partial charge in [-0.3, -0.25) is 19.3 Å². The van der Waals surface area contributed by atoms with Crippen LogP contribution in [0.4, 0.5) is 0 Å². The fourth-order valence-corrected chi connectivity index (χ4v) is 3.30. The van der Waals surface area contributed by atoms with Crippen molar-refractivity contribution < 1.29 is 24.2 Å². The number of ether oxygens (including phenoxy) is 1. The quantitative estimate of drug-likeness (QED) is 0.604. The van der Waals surface area contributed by atoms with Gasteiger partial charge in [-0.2, -0.15) is 15.4 Å². The third-order valence-corrected chi connectivity index (χ3v) is 4.66. The third kappa shape index (κ3) is 5.99. The molecule has 3 N–H and O–H groups in total. The Labute approximate surface area is 163 Å². The van der Waals surface area contributed by atoms with Crippen molar-refractivity contribution >= 4 is 17.8 Å². The molecule has 2 aliphatic heterocycles. The summed E-state index contributed by atoms with van der Waals surface area (Å²) >= 11 is 0. The minimum atomic E-state index is -0.833. The highest BCUT2D eigenvalue weighted by atomic mass is 16.5. The van der Waals surface area contributed by atoms with Crippen LogP contribution in [0.5, 0.6) is 0 Å². The highest BCUT2D eigenvalue weighted by molar-refractivity contribution is 5.93. The monoisotopic (exact) mass is 396 g/mol. The molecule has 28 heavy (non-hydrogen) atoms. The van der Waals surface area contributed by atoms with Gasteiger partial charge in [0.05, 0.1) is 24.8 Å². The number of H-pyrrole nitrogens is 1. The molecule has 0 bridgehead atoms. The van der Waals surface area contributed by atoms with Crippen LogP contribution in [-0.4, -0.2) is 100 Å². The number of rotatable bonds is 4. The molecule has 2 aliphatic rings. The first-order valence-electron chi connectivity index (χ1n) is 9.11. The first kappa shape index (κ1) is 21.8. The first-order valence-corrected chi connectivity index (χ1v) is 9.11. The average molecular weight is 396 g/mol. The number of morpholine rings is 1. The molecule has 0 radical (unpaired) electrons. The summed E-state index contributed by atoms with van der Waals surface area (Å²) in [5.74, 6) is -0.963. The Morgan fingerprint density at radius 2 is 2.00 bits per heavy atom. The van der Waals surface area contributed by atoms with Crippen molar-refractivity contribution in [3.05, 3.63) is 11.4 Å². The average Bonchev–Trinajstić information content (AvgIpc) is 3.19. The third-order valence-electron chi connectivity index (χ3n) is 4.66. The van der Waals surface area contributed by atoms with Gasteiger partial charge in [0.15, 0.2) is 5.69 Å². The largest absolute Gasteiger partial charge is 0.481 e. The fraction of sp³-hybridized carbons (Fsp3) is 0.706. The van der Waals surface area contributed by atoms with Gasteiger partial charge in [-0.05, 0) is 13.3 Å². The van der Waals surface area contributed by atoms with Crippen LogP contribution < -0.4 is 5.32 Å². The number of carbonyl (C=O) groups is 3. The molecule has 2 fully saturated rings. The number of aryl methyl sites for hydroxylation is 1. The molecule has 0 saturated carbocycles. The number of carboxylic acid groups (broad SMARTS) is 1. The molecule has 2 saturated heterocycles. The number of nitrogens with zero attached hydrogens (tertiary/aromatic N) is 4. The van der Waals surface area contributed by atoms with Gasteiger partial charge in [-0.25, -0.2) is 0 Å². The molecule has 0 aliphatic carbocycles. The molecule has 0 unspecified atom stereocenters. The molecule has 2 amide bonds. The lowest BCUT2D eigenvalue weighted by molar-refractivity contribution is -0.135. The number of carboxylic acids is 1. The zero-order valence-corrected chi connectivity index (χ0v) is 16.6. The van der Waals surface area contributed by atoms with E-state index in [1.807, 2.05) is 0 Å². The van der Waals surface area contributed by atoms with Crippen molar-refractivity contribution in [3.8, 4) is 0 Å². The molecule has 3 heterocycles. The van der Waals surface area contributed by atoms with E-state index in [2.05, 4.69) is 25.6 Å². The number of fused-ring (bicyclic) bond motifs is 1. The van der Waals surface area contributed by atoms with Gasteiger partial charge >= 0.3 is 0 Å². The summed E-state index contributed by atoms with van der Waals surface area (Å²) in [6, 6.07) is 0.352. The normalized spacial score (nSPS) is 23.9. The molecular weight excluding hydrogens is 368 g/mol. The zero-order valence-electron chi connectivity index (χ0n) is 16.6. The number of amides is 2. The minimum Gasteiger partial charge on any atom is -0.481 e. The maximum absolute atomic E-state index is 12.2. The number of hydrogen-bond acceptors (Lipinski definition) is 7. The van der Waals surface area contributed by atoms with Gasteiger partial charge in [0.2, 0.25) is 5.91 Å². The van der Waals surface area contributed by atoms with Crippen LogP contribution in [0.25, 0.3) is 0 Å². The highest BCUT2D eigenvalue weighted by Crippen LogP contribution is 2.24. The highest BCUT2D eigenvalue weighted by Gasteiger charge is 2.38. The molecule has 11 nitrogen and oxygen atoms in total. The van der Waals surface area contributed by atoms with Crippen LogP contribution in [-0.2, 0) is 14.3 Å². The van der Waals surface area contributed by atoms with Crippen LogP contribution >= 0.6 is 0 Å². The van der Waals surface area contributed by atoms with Crippen LogP contribution in [0.1, 0.15) is 35.9 Å². The Hall–Kier alpha value is -2.53. The first-order chi connectivity index (χ1) is 13.2. The smallest absolute Gasteiger partial charge is 0.300 e. The standard InChI is InChI=1S/C15H24N6O3.C2H4O2/c1-9-14(18-19-17-9)15(23)16-10-4-11-8-24-12(7-21(11)6-10)5-13(22)20(2)3;1-2(3)4/h10-12H,4-8H2,1-3H3,(H,16,23)(H,17,18,19);1H3,(H,3,4)/t10-,11+,12+;/m1./s1. The van der Waals surface area contributed by atoms with E-state index in [9.17, 15) is 9.59 Å². The minimum absolute atomic E-state index is 0.0606. The van der Waals surface area contributed by atoms with Crippen molar-refractivity contribution in [2.24, 2.45) is 0 Å². The van der Waals surface area contributed by atoms with E-state index in [0.717, 1.165) is 26.4 Å². The van der Waals surface area contributed by atoms with Gasteiger partial charge in [0.25, 0.3) is 11.9 Å². The summed E-state index contributed by atoms with van der Waals surface area (Å²) in [5, 5.41) is 20.6. The van der Waals surface area contributed by atoms with E-state index in [0.29, 0.717) is 30.5 Å². The van der Waals surface area contributed by atoms with Crippen LogP contribution in [0, 0.1) is 6.92 Å². The molecule has 3 rings (SSSR count). The Morgan fingerprint density at radius 3 is 2.57 bits per heavy atom. The lowest BCUT2D eigenvalue weighted by Crippen LogP contribution is -2.47. The van der Waals surface area contributed by atoms with Gasteiger partial charge in [0.1, 0.15) is 0 Å². The second-order valence-corrected chi connectivity index (χ2v) is 7.24. The second kappa shape index (κ2) is 9.60. The van der Waals surface area contributed by atoms with Gasteiger partial charge in [0, 0.05) is 46.2 Å². The number of aromatic amines is 1. The number of aromatic nitrogens is 3. The Kier molecular flexibility index (Phi) is 7.46. The summed E-state index contributed by atoms with van der Waals surface area (Å²) in [7, 11) is 3.50. The van der Waals surface area contributed by atoms with Gasteiger partial charge < -0.3 is 20.1 Å². The van der Waals surface area contributed by atoms with E-state index in [1.54, 1.807) is 25.9 Å². The molecule has 0 spiro atoms. The molecule has 1 aromatic rings. The lowest BCUT2D eigenvalue weighted by atomic mass is 10.1. The molecule has 156 valence electrons. The van der Waals surface area contributed by atoms with E-state index in [-0.39, 0.29) is 24.0 Å². The second-order valence-electron chi connectivity index (χ2n) is 7.24. The van der Waals surface area contributed by atoms with Crippen LogP contribution in [0.3, 0.4) is 0 Å². The number of hydrogen-bond donors (Lipinski definition) is 3. The number of carbonyl (C=O) groups excluding carboxylic acids is 2. The lowest BCUT2D eigenvalue weighted by Gasteiger charge is -2.35. The van der Waals surface area contributed by atoms with Crippen LogP contribution in [0.15, 0.2) is 0 Å². The number of aliphatic carboxylic acids is 1. The topological polar surface area (TPSA) is 141 Å². The number of nitrogens with one attached hydrogen (secondary N) is 2. The summed E-state index contributed by atoms with van der Waals surface area (Å²) < 4.78 is 5.83. The zero-order chi connectivity index (χ0) is 20.8. The Bertz CT molecular complexity index is 702. The molecule has 3 atom stereocenters. The van der Waals surface area contributed by atoms with Crippen LogP contribution in [0.2, 0.25) is 0 Å². The predicted molar refractivity (Wildman–Crippen MR) is 98.7 cm³/mol. The summed E-state index contributed by atoms with van der Waals surface area (Å²) in [5.41, 5.74) is 0.930. The molecule has 1 aromatic heterocycles. The molecular formula is C17H28N6O5. The summed E-state index contributed by atoms with van der Waals surface area (Å²) in [6.45, 7) is 4.92. The van der Waals surface area contributed by atoms with Crippen molar-refractivity contribution in [2.45, 2.75) is 44.9 Å². The van der Waals surface area contributed by atoms with E-state index in [1.165, 1.54) is 0 Å². The fourth-order valence-electron chi connectivity index (χ4n) is 3.30. The van der Waals surface area contributed by atoms with E-state index < -0.39 is 5.97 Å². The van der Waals surface area contributed by atoms with E-state index in [4.69, 9.17) is 14.6 Å². The molecule has 11 heteroatoms. The molecule has 0 aromatic carbocycles. The van der Waals surface area contributed by atoms with E-state index >= 15 is 0 Å². The summed E-state index contributed by atoms with van der Waals surface area (Å²) in [6.07, 6.45) is 1.16.